The predicted octanol–water partition coefficient (Wildman–Crippen LogP) is 0.996. The Morgan fingerprint density at radius 2 is 2.05 bits per heavy atom. The van der Waals surface area contributed by atoms with Gasteiger partial charge < -0.3 is 9.47 Å². The first kappa shape index (κ1) is 15.7. The zero-order valence-electron chi connectivity index (χ0n) is 10.6. The van der Waals surface area contributed by atoms with Gasteiger partial charge in [-0.05, 0) is 13.3 Å². The van der Waals surface area contributed by atoms with Crippen molar-refractivity contribution < 1.29 is 32.6 Å². The van der Waals surface area contributed by atoms with Gasteiger partial charge in [0.05, 0.1) is 13.2 Å². The molecule has 0 aromatic rings. The van der Waals surface area contributed by atoms with E-state index in [2.05, 4.69) is 4.74 Å². The van der Waals surface area contributed by atoms with E-state index < -0.39 is 42.2 Å². The molecular formula is C12H16F2O5. The molecule has 0 N–H and O–H groups in total. The summed E-state index contributed by atoms with van der Waals surface area (Å²) in [7, 11) is 0. The van der Waals surface area contributed by atoms with Crippen molar-refractivity contribution in [1.82, 2.24) is 0 Å². The Labute approximate surface area is 109 Å². The fourth-order valence-corrected chi connectivity index (χ4v) is 1.85. The molecule has 0 aliphatic carbocycles. The van der Waals surface area contributed by atoms with Crippen LogP contribution in [0.25, 0.3) is 0 Å². The van der Waals surface area contributed by atoms with Gasteiger partial charge in [0.2, 0.25) is 5.78 Å². The third-order valence-corrected chi connectivity index (χ3v) is 2.92. The Morgan fingerprint density at radius 1 is 1.37 bits per heavy atom. The average molecular weight is 278 g/mol. The van der Waals surface area contributed by atoms with E-state index >= 15 is 0 Å². The van der Waals surface area contributed by atoms with Crippen LogP contribution in [0.2, 0.25) is 0 Å². The highest BCUT2D eigenvalue weighted by molar-refractivity contribution is 6.04. The van der Waals surface area contributed by atoms with Gasteiger partial charge in [-0.2, -0.15) is 0 Å². The second kappa shape index (κ2) is 7.28. The molecule has 0 amide bonds. The fourth-order valence-electron chi connectivity index (χ4n) is 1.85. The number of carbonyl (C=O) groups excluding carboxylic acids is 3. The number of carbonyl (C=O) groups is 3. The molecule has 2 atom stereocenters. The van der Waals surface area contributed by atoms with Crippen LogP contribution in [0.4, 0.5) is 8.78 Å². The third-order valence-electron chi connectivity index (χ3n) is 2.92. The van der Waals surface area contributed by atoms with Crippen LogP contribution in [-0.2, 0) is 23.9 Å². The maximum Gasteiger partial charge on any atom is 0.317 e. The molecule has 1 aliphatic heterocycles. The van der Waals surface area contributed by atoms with Gasteiger partial charge in [0.1, 0.15) is 11.7 Å². The topological polar surface area (TPSA) is 69.7 Å². The van der Waals surface area contributed by atoms with Gasteiger partial charge in [-0.3, -0.25) is 14.4 Å². The van der Waals surface area contributed by atoms with Crippen LogP contribution >= 0.6 is 0 Å². The number of alkyl halides is 2. The van der Waals surface area contributed by atoms with Gasteiger partial charge in [0.15, 0.2) is 0 Å². The van der Waals surface area contributed by atoms with E-state index in [1.165, 1.54) is 6.92 Å². The standard InChI is InChI=1S/C12H16F2O5/c1-2-19-12(17)8(10(16)11(13)14)5-9(15)7-3-4-18-6-7/h7-8,11H,2-6H2,1H3. The van der Waals surface area contributed by atoms with Crippen LogP contribution in [0, 0.1) is 11.8 Å². The van der Waals surface area contributed by atoms with Crippen LogP contribution in [-0.4, -0.2) is 43.8 Å². The summed E-state index contributed by atoms with van der Waals surface area (Å²) in [5.74, 6) is -5.19. The van der Waals surface area contributed by atoms with Gasteiger partial charge in [-0.1, -0.05) is 0 Å². The quantitative estimate of drug-likeness (QED) is 0.513. The number of rotatable bonds is 7. The molecule has 1 rings (SSSR count). The highest BCUT2D eigenvalue weighted by Gasteiger charge is 2.37. The number of hydrogen-bond donors (Lipinski definition) is 0. The van der Waals surface area contributed by atoms with Crippen LogP contribution in [0.1, 0.15) is 19.8 Å². The molecule has 1 aliphatic rings. The minimum Gasteiger partial charge on any atom is -0.465 e. The van der Waals surface area contributed by atoms with E-state index in [1.807, 2.05) is 0 Å². The van der Waals surface area contributed by atoms with Gasteiger partial charge in [-0.25, -0.2) is 8.78 Å². The minimum absolute atomic E-state index is 0.0351. The lowest BCUT2D eigenvalue weighted by atomic mass is 9.91. The van der Waals surface area contributed by atoms with Crippen molar-refractivity contribution in [3.05, 3.63) is 0 Å². The Balaban J connectivity index is 2.70. The smallest absolute Gasteiger partial charge is 0.317 e. The number of Topliss-reactive ketones (excluding diaryl/α,β-unsaturated/α-hetero) is 2. The molecule has 1 fully saturated rings. The highest BCUT2D eigenvalue weighted by Crippen LogP contribution is 2.20. The maximum atomic E-state index is 12.4. The van der Waals surface area contributed by atoms with Crippen molar-refractivity contribution in [1.29, 1.82) is 0 Å². The summed E-state index contributed by atoms with van der Waals surface area (Å²) in [6, 6.07) is 0. The first-order valence-corrected chi connectivity index (χ1v) is 6.06. The molecule has 0 radical (unpaired) electrons. The number of ether oxygens (including phenoxy) is 2. The van der Waals surface area contributed by atoms with Crippen molar-refractivity contribution >= 4 is 17.5 Å². The van der Waals surface area contributed by atoms with Crippen molar-refractivity contribution in [3.63, 3.8) is 0 Å². The summed E-state index contributed by atoms with van der Waals surface area (Å²) in [5, 5.41) is 0. The van der Waals surface area contributed by atoms with Crippen molar-refractivity contribution in [2.45, 2.75) is 26.2 Å². The molecule has 108 valence electrons. The first-order valence-electron chi connectivity index (χ1n) is 6.06. The normalized spacial score (nSPS) is 20.3. The SMILES string of the molecule is CCOC(=O)C(CC(=O)C1CCOC1)C(=O)C(F)F. The molecule has 1 saturated heterocycles. The van der Waals surface area contributed by atoms with Crippen molar-refractivity contribution in [3.8, 4) is 0 Å². The number of ketones is 2. The Bertz CT molecular complexity index is 350. The van der Waals surface area contributed by atoms with Crippen molar-refractivity contribution in [2.75, 3.05) is 19.8 Å². The lowest BCUT2D eigenvalue weighted by Crippen LogP contribution is -2.34. The fraction of sp³-hybridized carbons (Fsp3) is 0.750. The zero-order chi connectivity index (χ0) is 14.4. The molecular weight excluding hydrogens is 262 g/mol. The summed E-state index contributed by atoms with van der Waals surface area (Å²) in [6.07, 6.45) is -3.35. The van der Waals surface area contributed by atoms with Crippen LogP contribution < -0.4 is 0 Å². The summed E-state index contributed by atoms with van der Waals surface area (Å²) in [6.45, 7) is 2.08. The Kier molecular flexibility index (Phi) is 6.01. The molecule has 0 bridgehead atoms. The summed E-state index contributed by atoms with van der Waals surface area (Å²) < 4.78 is 34.4. The molecule has 0 aromatic carbocycles. The second-order valence-electron chi connectivity index (χ2n) is 4.24. The summed E-state index contributed by atoms with van der Waals surface area (Å²) in [5.41, 5.74) is 0. The van der Waals surface area contributed by atoms with Crippen molar-refractivity contribution in [2.24, 2.45) is 11.8 Å². The summed E-state index contributed by atoms with van der Waals surface area (Å²) in [4.78, 5) is 34.6. The second-order valence-corrected chi connectivity index (χ2v) is 4.24. The lowest BCUT2D eigenvalue weighted by molar-refractivity contribution is -0.156. The number of hydrogen-bond acceptors (Lipinski definition) is 5. The molecule has 0 spiro atoms. The number of esters is 1. The van der Waals surface area contributed by atoms with E-state index in [1.54, 1.807) is 0 Å². The van der Waals surface area contributed by atoms with E-state index in [4.69, 9.17) is 4.74 Å². The minimum atomic E-state index is -3.29. The molecule has 0 aromatic heterocycles. The van der Waals surface area contributed by atoms with Gasteiger partial charge in [0, 0.05) is 18.9 Å². The van der Waals surface area contributed by atoms with Gasteiger partial charge in [-0.15, -0.1) is 0 Å². The van der Waals surface area contributed by atoms with Crippen LogP contribution in [0.5, 0.6) is 0 Å². The molecule has 0 saturated carbocycles. The van der Waals surface area contributed by atoms with Crippen LogP contribution in [0.15, 0.2) is 0 Å². The van der Waals surface area contributed by atoms with E-state index in [0.29, 0.717) is 13.0 Å². The third kappa shape index (κ3) is 4.34. The largest absolute Gasteiger partial charge is 0.465 e. The predicted molar refractivity (Wildman–Crippen MR) is 59.7 cm³/mol. The average Bonchev–Trinajstić information content (AvgIpc) is 2.88. The van der Waals surface area contributed by atoms with E-state index in [-0.39, 0.29) is 13.2 Å². The zero-order valence-corrected chi connectivity index (χ0v) is 10.6. The molecule has 1 heterocycles. The molecule has 2 unspecified atom stereocenters. The van der Waals surface area contributed by atoms with Crippen LogP contribution in [0.3, 0.4) is 0 Å². The van der Waals surface area contributed by atoms with E-state index in [9.17, 15) is 23.2 Å². The van der Waals surface area contributed by atoms with Gasteiger partial charge >= 0.3 is 5.97 Å². The lowest BCUT2D eigenvalue weighted by Gasteiger charge is -2.15. The Hall–Kier alpha value is -1.37. The monoisotopic (exact) mass is 278 g/mol. The first-order chi connectivity index (χ1) is 8.97. The highest BCUT2D eigenvalue weighted by atomic mass is 19.3. The molecule has 7 heteroatoms. The Morgan fingerprint density at radius 3 is 2.53 bits per heavy atom. The molecule has 19 heavy (non-hydrogen) atoms. The maximum absolute atomic E-state index is 12.4. The summed E-state index contributed by atoms with van der Waals surface area (Å²) >= 11 is 0. The number of halogens is 2. The molecule has 5 nitrogen and oxygen atoms in total. The van der Waals surface area contributed by atoms with E-state index in [0.717, 1.165) is 0 Å². The van der Waals surface area contributed by atoms with Gasteiger partial charge in [0.25, 0.3) is 6.43 Å².